The number of rotatable bonds is 8. The molecule has 0 aromatic heterocycles. The number of allylic oxidation sites excluding steroid dienone is 1. The van der Waals surface area contributed by atoms with Crippen LogP contribution in [0.3, 0.4) is 0 Å². The number of nitro groups is 1. The van der Waals surface area contributed by atoms with Gasteiger partial charge in [-0.2, -0.15) is 4.31 Å². The first-order valence-corrected chi connectivity index (χ1v) is 9.83. The summed E-state index contributed by atoms with van der Waals surface area (Å²) in [6, 6.07) is 15.0. The average Bonchev–Trinajstić information content (AvgIpc) is 3.43. The Labute approximate surface area is 153 Å². The number of non-ortho nitro benzene ring substituents is 1. The topological polar surface area (TPSA) is 80.3 Å². The molecule has 0 N–H and O–H groups in total. The molecule has 136 valence electrons. The molecule has 0 radical (unpaired) electrons. The van der Waals surface area contributed by atoms with Gasteiger partial charge in [0, 0.05) is 24.7 Å². The third-order valence-electron chi connectivity index (χ3n) is 4.52. The Morgan fingerprint density at radius 3 is 2.42 bits per heavy atom. The number of benzene rings is 2. The Morgan fingerprint density at radius 1 is 1.15 bits per heavy atom. The van der Waals surface area contributed by atoms with Crippen molar-refractivity contribution in [3.63, 3.8) is 0 Å². The van der Waals surface area contributed by atoms with E-state index in [1.165, 1.54) is 28.6 Å². The number of sulfonamides is 1. The Morgan fingerprint density at radius 2 is 1.81 bits per heavy atom. The SMILES string of the molecule is C=C(CCCC1CN1S(=O)(=O)c1ccc([N+](=O)[O-])cc1)c1ccccc1. The lowest BCUT2D eigenvalue weighted by molar-refractivity contribution is -0.384. The molecule has 1 saturated heterocycles. The highest BCUT2D eigenvalue weighted by atomic mass is 32.2. The van der Waals surface area contributed by atoms with Gasteiger partial charge < -0.3 is 0 Å². The summed E-state index contributed by atoms with van der Waals surface area (Å²) in [5.41, 5.74) is 2.04. The van der Waals surface area contributed by atoms with Crippen molar-refractivity contribution >= 4 is 21.3 Å². The molecule has 26 heavy (non-hydrogen) atoms. The van der Waals surface area contributed by atoms with E-state index in [2.05, 4.69) is 6.58 Å². The van der Waals surface area contributed by atoms with Crippen molar-refractivity contribution in [2.45, 2.75) is 30.2 Å². The molecule has 1 fully saturated rings. The molecular formula is C19H20N2O4S. The van der Waals surface area contributed by atoms with Crippen LogP contribution in [0.2, 0.25) is 0 Å². The van der Waals surface area contributed by atoms with Gasteiger partial charge in [-0.25, -0.2) is 8.42 Å². The molecule has 0 bridgehead atoms. The van der Waals surface area contributed by atoms with E-state index in [4.69, 9.17) is 0 Å². The Kier molecular flexibility index (Phi) is 5.20. The summed E-state index contributed by atoms with van der Waals surface area (Å²) in [5, 5.41) is 10.7. The molecule has 6 nitrogen and oxygen atoms in total. The molecule has 3 rings (SSSR count). The van der Waals surface area contributed by atoms with Gasteiger partial charge in [0.15, 0.2) is 0 Å². The summed E-state index contributed by atoms with van der Waals surface area (Å²) >= 11 is 0. The smallest absolute Gasteiger partial charge is 0.258 e. The second-order valence-electron chi connectivity index (χ2n) is 6.34. The zero-order chi connectivity index (χ0) is 18.7. The summed E-state index contributed by atoms with van der Waals surface area (Å²) in [6.45, 7) is 4.59. The maximum atomic E-state index is 12.5. The molecule has 2 unspecified atom stereocenters. The van der Waals surface area contributed by atoms with E-state index in [0.717, 1.165) is 30.4 Å². The predicted octanol–water partition coefficient (Wildman–Crippen LogP) is 3.85. The van der Waals surface area contributed by atoms with Crippen molar-refractivity contribution in [1.29, 1.82) is 0 Å². The zero-order valence-electron chi connectivity index (χ0n) is 14.2. The Hall–Kier alpha value is -2.51. The van der Waals surface area contributed by atoms with Crippen molar-refractivity contribution in [2.24, 2.45) is 0 Å². The molecule has 1 aliphatic heterocycles. The van der Waals surface area contributed by atoms with Crippen LogP contribution < -0.4 is 0 Å². The normalized spacial score (nSPS) is 19.1. The first-order valence-electron chi connectivity index (χ1n) is 8.39. The minimum Gasteiger partial charge on any atom is -0.258 e. The van der Waals surface area contributed by atoms with Gasteiger partial charge in [0.05, 0.1) is 9.82 Å². The minimum atomic E-state index is -3.57. The van der Waals surface area contributed by atoms with Crippen LogP contribution in [0.5, 0.6) is 0 Å². The number of nitrogens with zero attached hydrogens (tertiary/aromatic N) is 2. The van der Waals surface area contributed by atoms with Crippen LogP contribution in [0.15, 0.2) is 66.1 Å². The summed E-state index contributed by atoms with van der Waals surface area (Å²) in [7, 11) is -3.57. The van der Waals surface area contributed by atoms with Crippen LogP contribution in [-0.2, 0) is 10.0 Å². The van der Waals surface area contributed by atoms with Crippen LogP contribution in [0.1, 0.15) is 24.8 Å². The fraction of sp³-hybridized carbons (Fsp3) is 0.263. The van der Waals surface area contributed by atoms with Crippen LogP contribution in [0.4, 0.5) is 5.69 Å². The fourth-order valence-corrected chi connectivity index (χ4v) is 4.55. The predicted molar refractivity (Wildman–Crippen MR) is 100 cm³/mol. The van der Waals surface area contributed by atoms with Crippen molar-refractivity contribution in [3.05, 3.63) is 76.9 Å². The molecule has 1 heterocycles. The minimum absolute atomic E-state index is 0.00114. The summed E-state index contributed by atoms with van der Waals surface area (Å²) in [5.74, 6) is 0. The van der Waals surface area contributed by atoms with Crippen molar-refractivity contribution in [2.75, 3.05) is 6.54 Å². The summed E-state index contributed by atoms with van der Waals surface area (Å²) < 4.78 is 26.5. The van der Waals surface area contributed by atoms with Crippen molar-refractivity contribution < 1.29 is 13.3 Å². The first kappa shape index (κ1) is 18.3. The molecule has 0 saturated carbocycles. The maximum Gasteiger partial charge on any atom is 0.269 e. The standard InChI is InChI=1S/C19H20N2O4S/c1-15(16-7-3-2-4-8-16)6-5-9-18-14-20(18)26(24,25)19-12-10-17(11-13-19)21(22)23/h2-4,7-8,10-13,18H,1,5-6,9,14H2. The van der Waals surface area contributed by atoms with Gasteiger partial charge in [-0.05, 0) is 42.5 Å². The summed E-state index contributed by atoms with van der Waals surface area (Å²) in [4.78, 5) is 10.2. The Bertz CT molecular complexity index is 908. The lowest BCUT2D eigenvalue weighted by Gasteiger charge is -2.07. The molecular weight excluding hydrogens is 352 g/mol. The van der Waals surface area contributed by atoms with Gasteiger partial charge in [0.1, 0.15) is 0 Å². The van der Waals surface area contributed by atoms with E-state index in [1.807, 2.05) is 30.3 Å². The molecule has 1 aliphatic rings. The average molecular weight is 372 g/mol. The molecule has 2 aromatic carbocycles. The van der Waals surface area contributed by atoms with Crippen LogP contribution >= 0.6 is 0 Å². The highest BCUT2D eigenvalue weighted by Crippen LogP contribution is 2.33. The van der Waals surface area contributed by atoms with Gasteiger partial charge in [-0.3, -0.25) is 10.1 Å². The quantitative estimate of drug-likeness (QED) is 0.400. The number of hydrogen-bond acceptors (Lipinski definition) is 4. The van der Waals surface area contributed by atoms with Crippen molar-refractivity contribution in [3.8, 4) is 0 Å². The fourth-order valence-electron chi connectivity index (χ4n) is 2.93. The molecule has 7 heteroatoms. The van der Waals surface area contributed by atoms with Gasteiger partial charge in [-0.1, -0.05) is 36.9 Å². The second-order valence-corrected chi connectivity index (χ2v) is 8.23. The lowest BCUT2D eigenvalue weighted by Crippen LogP contribution is -2.14. The molecule has 2 aromatic rings. The highest BCUT2D eigenvalue weighted by molar-refractivity contribution is 7.89. The van der Waals surface area contributed by atoms with Gasteiger partial charge in [0.2, 0.25) is 10.0 Å². The van der Waals surface area contributed by atoms with Gasteiger partial charge in [-0.15, -0.1) is 0 Å². The van der Waals surface area contributed by atoms with Crippen LogP contribution in [-0.4, -0.2) is 30.2 Å². The third-order valence-corrected chi connectivity index (χ3v) is 6.45. The molecule has 0 spiro atoms. The Balaban J connectivity index is 1.53. The summed E-state index contributed by atoms with van der Waals surface area (Å²) in [6.07, 6.45) is 2.47. The van der Waals surface area contributed by atoms with Gasteiger partial charge >= 0.3 is 0 Å². The molecule has 0 aliphatic carbocycles. The second kappa shape index (κ2) is 7.39. The number of hydrogen-bond donors (Lipinski definition) is 0. The monoisotopic (exact) mass is 372 g/mol. The molecule has 2 atom stereocenters. The van der Waals surface area contributed by atoms with E-state index in [1.54, 1.807) is 0 Å². The van der Waals surface area contributed by atoms with Crippen LogP contribution in [0, 0.1) is 10.1 Å². The van der Waals surface area contributed by atoms with E-state index >= 15 is 0 Å². The first-order chi connectivity index (χ1) is 12.4. The highest BCUT2D eigenvalue weighted by Gasteiger charge is 2.43. The van der Waals surface area contributed by atoms with E-state index < -0.39 is 14.9 Å². The van der Waals surface area contributed by atoms with Crippen molar-refractivity contribution in [1.82, 2.24) is 4.31 Å². The maximum absolute atomic E-state index is 12.5. The van der Waals surface area contributed by atoms with E-state index in [9.17, 15) is 18.5 Å². The van der Waals surface area contributed by atoms with E-state index in [0.29, 0.717) is 6.54 Å². The number of nitro benzene ring substituents is 1. The largest absolute Gasteiger partial charge is 0.269 e. The molecule has 0 amide bonds. The zero-order valence-corrected chi connectivity index (χ0v) is 15.1. The van der Waals surface area contributed by atoms with Gasteiger partial charge in [0.25, 0.3) is 5.69 Å². The van der Waals surface area contributed by atoms with E-state index in [-0.39, 0.29) is 16.6 Å². The van der Waals surface area contributed by atoms with Crippen LogP contribution in [0.25, 0.3) is 5.57 Å². The lowest BCUT2D eigenvalue weighted by atomic mass is 10.0. The third kappa shape index (κ3) is 4.00.